The van der Waals surface area contributed by atoms with Crippen LogP contribution in [0.25, 0.3) is 11.1 Å². The first kappa shape index (κ1) is 18.6. The summed E-state index contributed by atoms with van der Waals surface area (Å²) in [6, 6.07) is 21.8. The largest absolute Gasteiger partial charge is 0.486 e. The second kappa shape index (κ2) is 8.48. The summed E-state index contributed by atoms with van der Waals surface area (Å²) in [6.07, 6.45) is 0. The zero-order chi connectivity index (χ0) is 20.1. The van der Waals surface area contributed by atoms with E-state index in [-0.39, 0.29) is 0 Å². The minimum Gasteiger partial charge on any atom is -0.486 e. The maximum Gasteiger partial charge on any atom is 0.339 e. The summed E-state index contributed by atoms with van der Waals surface area (Å²) in [4.78, 5) is 24.8. The first-order valence-electron chi connectivity index (χ1n) is 9.22. The third kappa shape index (κ3) is 4.38. The Balaban J connectivity index is 1.40. The number of hydrogen-bond donors (Lipinski definition) is 1. The maximum atomic E-state index is 12.5. The summed E-state index contributed by atoms with van der Waals surface area (Å²) >= 11 is 0. The number of benzene rings is 3. The van der Waals surface area contributed by atoms with Crippen LogP contribution in [0.1, 0.15) is 10.4 Å². The van der Waals surface area contributed by atoms with Crippen LogP contribution in [-0.4, -0.2) is 31.7 Å². The third-order valence-electron chi connectivity index (χ3n) is 4.39. The lowest BCUT2D eigenvalue weighted by atomic mass is 10.00. The topological polar surface area (TPSA) is 73.9 Å². The van der Waals surface area contributed by atoms with E-state index in [1.54, 1.807) is 30.3 Å². The van der Waals surface area contributed by atoms with Crippen LogP contribution < -0.4 is 14.8 Å². The van der Waals surface area contributed by atoms with Gasteiger partial charge in [0.1, 0.15) is 13.2 Å². The number of amides is 1. The zero-order valence-electron chi connectivity index (χ0n) is 15.6. The van der Waals surface area contributed by atoms with Crippen LogP contribution >= 0.6 is 0 Å². The first-order valence-corrected chi connectivity index (χ1v) is 9.22. The smallest absolute Gasteiger partial charge is 0.339 e. The molecule has 1 aliphatic rings. The lowest BCUT2D eigenvalue weighted by molar-refractivity contribution is -0.119. The quantitative estimate of drug-likeness (QED) is 0.670. The average Bonchev–Trinajstić information content (AvgIpc) is 2.78. The number of nitrogens with one attached hydrogen (secondary N) is 1. The van der Waals surface area contributed by atoms with Crippen molar-refractivity contribution in [3.05, 3.63) is 78.4 Å². The molecule has 4 rings (SSSR count). The van der Waals surface area contributed by atoms with Crippen molar-refractivity contribution in [2.45, 2.75) is 0 Å². The summed E-state index contributed by atoms with van der Waals surface area (Å²) in [6.45, 7) is 0.568. The van der Waals surface area contributed by atoms with Crippen LogP contribution in [0, 0.1) is 0 Å². The van der Waals surface area contributed by atoms with Gasteiger partial charge < -0.3 is 19.5 Å². The maximum absolute atomic E-state index is 12.5. The number of carbonyl (C=O) groups is 2. The molecule has 1 N–H and O–H groups in total. The Bertz CT molecular complexity index is 1030. The van der Waals surface area contributed by atoms with E-state index in [1.165, 1.54) is 0 Å². The fourth-order valence-electron chi connectivity index (χ4n) is 3.06. The normalized spacial score (nSPS) is 12.1. The van der Waals surface area contributed by atoms with Crippen LogP contribution in [-0.2, 0) is 9.53 Å². The van der Waals surface area contributed by atoms with Gasteiger partial charge in [0.2, 0.25) is 0 Å². The molecule has 6 nitrogen and oxygen atoms in total. The van der Waals surface area contributed by atoms with E-state index >= 15 is 0 Å². The van der Waals surface area contributed by atoms with Crippen molar-refractivity contribution in [3.63, 3.8) is 0 Å². The Labute approximate surface area is 168 Å². The summed E-state index contributed by atoms with van der Waals surface area (Å²) in [7, 11) is 0. The minimum atomic E-state index is -0.554. The molecule has 29 heavy (non-hydrogen) atoms. The summed E-state index contributed by atoms with van der Waals surface area (Å²) in [5, 5.41) is 2.69. The molecule has 3 aromatic rings. The molecule has 0 spiro atoms. The number of fused-ring (bicyclic) bond motifs is 1. The van der Waals surface area contributed by atoms with Gasteiger partial charge in [-0.2, -0.15) is 0 Å². The van der Waals surface area contributed by atoms with E-state index in [1.807, 2.05) is 42.5 Å². The molecule has 0 atom stereocenters. The lowest BCUT2D eigenvalue weighted by Gasteiger charge is -2.19. The molecule has 3 aromatic carbocycles. The highest BCUT2D eigenvalue weighted by Crippen LogP contribution is 2.32. The van der Waals surface area contributed by atoms with Gasteiger partial charge in [0.05, 0.1) is 5.56 Å². The van der Waals surface area contributed by atoms with E-state index in [2.05, 4.69) is 5.32 Å². The molecule has 146 valence electrons. The van der Waals surface area contributed by atoms with E-state index in [4.69, 9.17) is 14.2 Å². The number of ether oxygens (including phenoxy) is 3. The fraction of sp³-hybridized carbons (Fsp3) is 0.130. The highest BCUT2D eigenvalue weighted by atomic mass is 16.6. The Morgan fingerprint density at radius 1 is 0.862 bits per heavy atom. The predicted octanol–water partition coefficient (Wildman–Crippen LogP) is 3.92. The Morgan fingerprint density at radius 2 is 1.59 bits per heavy atom. The molecule has 0 aromatic heterocycles. The molecule has 0 aliphatic carbocycles. The Hall–Kier alpha value is -3.80. The van der Waals surface area contributed by atoms with Crippen LogP contribution in [0.15, 0.2) is 72.8 Å². The molecule has 6 heteroatoms. The van der Waals surface area contributed by atoms with Crippen molar-refractivity contribution < 1.29 is 23.8 Å². The van der Waals surface area contributed by atoms with Crippen LogP contribution in [0.3, 0.4) is 0 Å². The number of anilines is 1. The standard InChI is InChI=1S/C23H19NO5/c25-22(24-17-10-11-20-21(14-17)28-13-12-27-20)15-29-23(26)19-9-5-4-8-18(19)16-6-2-1-3-7-16/h1-11,14H,12-13,15H2,(H,24,25). The van der Waals surface area contributed by atoms with Crippen molar-refractivity contribution >= 4 is 17.6 Å². The van der Waals surface area contributed by atoms with Gasteiger partial charge in [0, 0.05) is 11.8 Å². The van der Waals surface area contributed by atoms with Gasteiger partial charge in [-0.15, -0.1) is 0 Å². The summed E-state index contributed by atoms with van der Waals surface area (Å²) in [5.74, 6) is 0.218. The molecule has 1 amide bonds. The molecule has 0 fully saturated rings. The second-order valence-electron chi connectivity index (χ2n) is 6.39. The molecule has 1 heterocycles. The van der Waals surface area contributed by atoms with Gasteiger partial charge in [0.15, 0.2) is 18.1 Å². The van der Waals surface area contributed by atoms with Crippen molar-refractivity contribution in [2.75, 3.05) is 25.1 Å². The molecule has 1 aliphatic heterocycles. The molecule has 0 saturated heterocycles. The van der Waals surface area contributed by atoms with Crippen LogP contribution in [0.2, 0.25) is 0 Å². The van der Waals surface area contributed by atoms with Crippen molar-refractivity contribution in [1.29, 1.82) is 0 Å². The monoisotopic (exact) mass is 389 g/mol. The van der Waals surface area contributed by atoms with Crippen molar-refractivity contribution in [1.82, 2.24) is 0 Å². The van der Waals surface area contributed by atoms with Gasteiger partial charge in [0.25, 0.3) is 5.91 Å². The number of esters is 1. The summed E-state index contributed by atoms with van der Waals surface area (Å²) < 4.78 is 16.2. The predicted molar refractivity (Wildman–Crippen MR) is 108 cm³/mol. The number of carbonyl (C=O) groups excluding carboxylic acids is 2. The number of rotatable bonds is 5. The Kier molecular flexibility index (Phi) is 5.42. The minimum absolute atomic E-state index is 0.392. The molecule has 0 unspecified atom stereocenters. The van der Waals surface area contributed by atoms with E-state index in [0.717, 1.165) is 11.1 Å². The Morgan fingerprint density at radius 3 is 2.41 bits per heavy atom. The van der Waals surface area contributed by atoms with Crippen LogP contribution in [0.5, 0.6) is 11.5 Å². The molecule has 0 radical (unpaired) electrons. The van der Waals surface area contributed by atoms with E-state index in [9.17, 15) is 9.59 Å². The molecule has 0 bridgehead atoms. The van der Waals surface area contributed by atoms with Gasteiger partial charge in [-0.25, -0.2) is 4.79 Å². The molecular formula is C23H19NO5. The van der Waals surface area contributed by atoms with Crippen molar-refractivity contribution in [3.8, 4) is 22.6 Å². The van der Waals surface area contributed by atoms with Gasteiger partial charge in [-0.3, -0.25) is 4.79 Å². The fourth-order valence-corrected chi connectivity index (χ4v) is 3.06. The van der Waals surface area contributed by atoms with E-state index in [0.29, 0.717) is 36.0 Å². The molecular weight excluding hydrogens is 370 g/mol. The molecule has 0 saturated carbocycles. The average molecular weight is 389 g/mol. The van der Waals surface area contributed by atoms with Crippen molar-refractivity contribution in [2.24, 2.45) is 0 Å². The van der Waals surface area contributed by atoms with E-state index < -0.39 is 18.5 Å². The number of hydrogen-bond acceptors (Lipinski definition) is 5. The highest BCUT2D eigenvalue weighted by Gasteiger charge is 2.16. The third-order valence-corrected chi connectivity index (χ3v) is 4.39. The highest BCUT2D eigenvalue weighted by molar-refractivity contribution is 5.99. The first-order chi connectivity index (χ1) is 14.2. The van der Waals surface area contributed by atoms with Gasteiger partial charge in [-0.05, 0) is 29.3 Å². The summed E-state index contributed by atoms with van der Waals surface area (Å²) in [5.41, 5.74) is 2.61. The zero-order valence-corrected chi connectivity index (χ0v) is 15.6. The van der Waals surface area contributed by atoms with Gasteiger partial charge in [-0.1, -0.05) is 48.5 Å². The lowest BCUT2D eigenvalue weighted by Crippen LogP contribution is -2.21. The van der Waals surface area contributed by atoms with Gasteiger partial charge >= 0.3 is 5.97 Å². The van der Waals surface area contributed by atoms with Crippen LogP contribution in [0.4, 0.5) is 5.69 Å². The second-order valence-corrected chi connectivity index (χ2v) is 6.39. The SMILES string of the molecule is O=C(COC(=O)c1ccccc1-c1ccccc1)Nc1ccc2c(c1)OCCO2.